The smallest absolute Gasteiger partial charge is 0.160 e. The summed E-state index contributed by atoms with van der Waals surface area (Å²) in [4.78, 5) is 10.4. The van der Waals surface area contributed by atoms with E-state index in [1.807, 2.05) is 6.07 Å². The first-order valence-corrected chi connectivity index (χ1v) is 23.6. The molecule has 2 nitrogen and oxygen atoms in total. The SMILES string of the molecule is c1ccc(-c2ccc(-c3cc(-c4ccccc4)nc(-c4ccc(-c5ccc6c(c5)C5(c7ccccc7-6)c6ccccc6C6(c7ccccc7-c7ccccc76)c6ccccc65)cc4)n3)cc2)cc1. The molecule has 68 heavy (non-hydrogen) atoms. The van der Waals surface area contributed by atoms with Crippen LogP contribution < -0.4 is 0 Å². The minimum atomic E-state index is -0.547. The van der Waals surface area contributed by atoms with Gasteiger partial charge in [0.25, 0.3) is 0 Å². The maximum absolute atomic E-state index is 5.22. The largest absolute Gasteiger partial charge is 0.228 e. The van der Waals surface area contributed by atoms with Crippen LogP contribution in [0.1, 0.15) is 44.5 Å². The van der Waals surface area contributed by atoms with E-state index in [-0.39, 0.29) is 0 Å². The Bertz CT molecular complexity index is 3680. The van der Waals surface area contributed by atoms with Gasteiger partial charge in [-0.2, -0.15) is 0 Å². The second-order valence-corrected chi connectivity index (χ2v) is 18.3. The predicted molar refractivity (Wildman–Crippen MR) is 277 cm³/mol. The summed E-state index contributed by atoms with van der Waals surface area (Å²) in [7, 11) is 0. The highest BCUT2D eigenvalue weighted by molar-refractivity contribution is 5.94. The average Bonchev–Trinajstić information content (AvgIpc) is 3.88. The van der Waals surface area contributed by atoms with E-state index >= 15 is 0 Å². The van der Waals surface area contributed by atoms with Gasteiger partial charge in [0.15, 0.2) is 5.82 Å². The van der Waals surface area contributed by atoms with Gasteiger partial charge in [0.1, 0.15) is 0 Å². The molecule has 0 fully saturated rings. The molecule has 1 heterocycles. The van der Waals surface area contributed by atoms with Gasteiger partial charge in [0.05, 0.1) is 22.2 Å². The van der Waals surface area contributed by atoms with Gasteiger partial charge in [0, 0.05) is 16.7 Å². The van der Waals surface area contributed by atoms with Crippen molar-refractivity contribution in [3.05, 3.63) is 299 Å². The summed E-state index contributed by atoms with van der Waals surface area (Å²) < 4.78 is 0. The molecule has 0 bridgehead atoms. The highest BCUT2D eigenvalue weighted by atomic mass is 14.9. The fourth-order valence-electron chi connectivity index (χ4n) is 12.2. The van der Waals surface area contributed by atoms with Gasteiger partial charge in [-0.3, -0.25) is 0 Å². The van der Waals surface area contributed by atoms with E-state index in [4.69, 9.17) is 9.97 Å². The van der Waals surface area contributed by atoms with Gasteiger partial charge in [-0.05, 0) is 101 Å². The Labute approximate surface area is 396 Å². The van der Waals surface area contributed by atoms with Crippen molar-refractivity contribution in [1.29, 1.82) is 0 Å². The molecule has 316 valence electrons. The lowest BCUT2D eigenvalue weighted by molar-refractivity contribution is 0.633. The Morgan fingerprint density at radius 2 is 0.515 bits per heavy atom. The van der Waals surface area contributed by atoms with E-state index in [1.165, 1.54) is 83.5 Å². The number of hydrogen-bond donors (Lipinski definition) is 0. The first kappa shape index (κ1) is 38.5. The molecule has 14 rings (SSSR count). The lowest BCUT2D eigenvalue weighted by Gasteiger charge is -2.48. The number of aromatic nitrogens is 2. The lowest BCUT2D eigenvalue weighted by atomic mass is 9.52. The standard InChI is InChI=1S/C66H42N2/c1-3-17-43(18-4-1)44-31-35-47(36-32-44)63-42-62(46-19-5-2-6-20-46)67-64(68-63)48-37-33-45(34-38-48)49-39-40-53-52-23-9-12-26-56(52)66(61(53)41-49)59-29-15-13-27-57(59)65(58-28-14-16-30-60(58)66)54-24-10-7-21-50(54)51-22-8-11-25-55(51)65/h1-42H. The topological polar surface area (TPSA) is 25.8 Å². The van der Waals surface area contributed by atoms with Crippen molar-refractivity contribution in [2.75, 3.05) is 0 Å². The normalized spacial score (nSPS) is 13.8. The highest BCUT2D eigenvalue weighted by Crippen LogP contribution is 2.67. The molecule has 0 unspecified atom stereocenters. The van der Waals surface area contributed by atoms with Gasteiger partial charge in [-0.1, -0.05) is 243 Å². The molecule has 0 aliphatic heterocycles. The van der Waals surface area contributed by atoms with Crippen LogP contribution in [0.25, 0.3) is 78.4 Å². The summed E-state index contributed by atoms with van der Waals surface area (Å²) in [5.74, 6) is 0.697. The maximum atomic E-state index is 5.22. The predicted octanol–water partition coefficient (Wildman–Crippen LogP) is 15.9. The molecule has 11 aromatic rings. The minimum Gasteiger partial charge on any atom is -0.228 e. The molecule has 0 radical (unpaired) electrons. The molecule has 0 saturated heterocycles. The van der Waals surface area contributed by atoms with Crippen molar-refractivity contribution in [1.82, 2.24) is 9.97 Å². The molecular weight excluding hydrogens is 821 g/mol. The fourth-order valence-corrected chi connectivity index (χ4v) is 12.2. The fraction of sp³-hybridized carbons (Fsp3) is 0.0303. The van der Waals surface area contributed by atoms with E-state index in [0.717, 1.165) is 33.6 Å². The summed E-state index contributed by atoms with van der Waals surface area (Å²) in [6, 6.07) is 93.6. The molecule has 0 atom stereocenters. The zero-order chi connectivity index (χ0) is 44.8. The lowest BCUT2D eigenvalue weighted by Crippen LogP contribution is -2.43. The summed E-state index contributed by atoms with van der Waals surface area (Å²) in [6.07, 6.45) is 0. The van der Waals surface area contributed by atoms with Gasteiger partial charge < -0.3 is 0 Å². The molecule has 3 aliphatic carbocycles. The maximum Gasteiger partial charge on any atom is 0.160 e. The van der Waals surface area contributed by atoms with Crippen LogP contribution >= 0.6 is 0 Å². The summed E-state index contributed by atoms with van der Waals surface area (Å²) >= 11 is 0. The molecule has 2 heteroatoms. The minimum absolute atomic E-state index is 0.470. The molecule has 0 amide bonds. The number of fused-ring (bicyclic) bond motifs is 16. The van der Waals surface area contributed by atoms with Crippen molar-refractivity contribution >= 4 is 0 Å². The molecule has 2 spiro atoms. The molecule has 1 aromatic heterocycles. The van der Waals surface area contributed by atoms with Crippen molar-refractivity contribution in [2.24, 2.45) is 0 Å². The molecule has 0 saturated carbocycles. The monoisotopic (exact) mass is 862 g/mol. The molecule has 3 aliphatic rings. The van der Waals surface area contributed by atoms with Crippen LogP contribution in [0.15, 0.2) is 255 Å². The van der Waals surface area contributed by atoms with E-state index in [1.54, 1.807) is 0 Å². The van der Waals surface area contributed by atoms with Crippen LogP contribution in [0, 0.1) is 0 Å². The molecule has 10 aromatic carbocycles. The number of rotatable bonds is 5. The molecular formula is C66H42N2. The van der Waals surface area contributed by atoms with Crippen LogP contribution in [0.3, 0.4) is 0 Å². The highest BCUT2D eigenvalue weighted by Gasteiger charge is 2.58. The van der Waals surface area contributed by atoms with Crippen LogP contribution in [-0.2, 0) is 10.8 Å². The van der Waals surface area contributed by atoms with Crippen molar-refractivity contribution in [2.45, 2.75) is 10.8 Å². The summed E-state index contributed by atoms with van der Waals surface area (Å²) in [6.45, 7) is 0. The second-order valence-electron chi connectivity index (χ2n) is 18.3. The second kappa shape index (κ2) is 14.9. The van der Waals surface area contributed by atoms with E-state index in [9.17, 15) is 0 Å². The first-order valence-electron chi connectivity index (χ1n) is 23.6. The quantitative estimate of drug-likeness (QED) is 0.172. The Kier molecular flexibility index (Phi) is 8.45. The van der Waals surface area contributed by atoms with Crippen LogP contribution in [0.4, 0.5) is 0 Å². The number of nitrogens with zero attached hydrogens (tertiary/aromatic N) is 2. The van der Waals surface area contributed by atoms with Gasteiger partial charge in [0.2, 0.25) is 0 Å². The van der Waals surface area contributed by atoms with Gasteiger partial charge in [-0.15, -0.1) is 0 Å². The summed E-state index contributed by atoms with van der Waals surface area (Å²) in [5.41, 5.74) is 24.4. The Morgan fingerprint density at radius 3 is 1.00 bits per heavy atom. The zero-order valence-electron chi connectivity index (χ0n) is 37.1. The van der Waals surface area contributed by atoms with Crippen molar-refractivity contribution in [3.8, 4) is 78.4 Å². The zero-order valence-corrected chi connectivity index (χ0v) is 37.1. The Hall–Kier alpha value is -8.72. The Balaban J connectivity index is 0.915. The van der Waals surface area contributed by atoms with Crippen LogP contribution in [0.2, 0.25) is 0 Å². The number of benzene rings is 10. The van der Waals surface area contributed by atoms with Crippen molar-refractivity contribution < 1.29 is 0 Å². The van der Waals surface area contributed by atoms with Gasteiger partial charge >= 0.3 is 0 Å². The number of hydrogen-bond acceptors (Lipinski definition) is 2. The van der Waals surface area contributed by atoms with Crippen LogP contribution in [0.5, 0.6) is 0 Å². The van der Waals surface area contributed by atoms with Crippen LogP contribution in [-0.4, -0.2) is 9.97 Å². The van der Waals surface area contributed by atoms with E-state index in [2.05, 4.69) is 249 Å². The molecule has 0 N–H and O–H groups in total. The van der Waals surface area contributed by atoms with Gasteiger partial charge in [-0.25, -0.2) is 9.97 Å². The summed E-state index contributed by atoms with van der Waals surface area (Å²) in [5, 5.41) is 0. The van der Waals surface area contributed by atoms with Crippen molar-refractivity contribution in [3.63, 3.8) is 0 Å². The van der Waals surface area contributed by atoms with E-state index < -0.39 is 10.8 Å². The Morgan fingerprint density at radius 1 is 0.206 bits per heavy atom. The third-order valence-electron chi connectivity index (χ3n) is 15.0. The van der Waals surface area contributed by atoms with E-state index in [0.29, 0.717) is 5.82 Å². The third kappa shape index (κ3) is 5.40. The average molecular weight is 863 g/mol. The third-order valence-corrected chi connectivity index (χ3v) is 15.0. The first-order chi connectivity index (χ1) is 33.7.